The minimum Gasteiger partial charge on any atom is -0.337 e. The summed E-state index contributed by atoms with van der Waals surface area (Å²) in [5.41, 5.74) is 3.85. The van der Waals surface area contributed by atoms with Crippen molar-refractivity contribution in [2.24, 2.45) is 0 Å². The molecule has 1 fully saturated rings. The molecule has 0 spiro atoms. The minimum absolute atomic E-state index is 0.0987. The van der Waals surface area contributed by atoms with Gasteiger partial charge in [0.25, 0.3) is 0 Å². The highest BCUT2D eigenvalue weighted by atomic mass is 16.2. The third-order valence-electron chi connectivity index (χ3n) is 5.27. The van der Waals surface area contributed by atoms with E-state index in [1.54, 1.807) is 0 Å². The van der Waals surface area contributed by atoms with Gasteiger partial charge < -0.3 is 19.7 Å². The van der Waals surface area contributed by atoms with Gasteiger partial charge in [-0.3, -0.25) is 4.79 Å². The number of rotatable bonds is 3. The fourth-order valence-corrected chi connectivity index (χ4v) is 3.80. The average molecular weight is 367 g/mol. The van der Waals surface area contributed by atoms with Gasteiger partial charge in [0, 0.05) is 31.7 Å². The van der Waals surface area contributed by atoms with Gasteiger partial charge in [-0.15, -0.1) is 0 Å². The molecule has 0 saturated carbocycles. The number of hydrogen-bond donors (Lipinski definition) is 1. The third-order valence-corrected chi connectivity index (χ3v) is 5.27. The van der Waals surface area contributed by atoms with Crippen molar-refractivity contribution in [2.75, 3.05) is 18.4 Å². The van der Waals surface area contributed by atoms with Crippen molar-refractivity contribution in [3.05, 3.63) is 47.5 Å². The number of likely N-dealkylation sites (tertiary alicyclic amines) is 1. The molecular weight excluding hydrogens is 342 g/mol. The second kappa shape index (κ2) is 7.42. The molecule has 7 nitrogen and oxygen atoms in total. The maximum Gasteiger partial charge on any atom is 0.322 e. The zero-order valence-corrected chi connectivity index (χ0v) is 15.6. The molecule has 27 heavy (non-hydrogen) atoms. The number of aryl methyl sites for hydroxylation is 2. The van der Waals surface area contributed by atoms with Crippen LogP contribution in [-0.4, -0.2) is 44.4 Å². The lowest BCUT2D eigenvalue weighted by molar-refractivity contribution is -0.128. The largest absolute Gasteiger partial charge is 0.337 e. The highest BCUT2D eigenvalue weighted by Gasteiger charge is 2.26. The number of imidazole rings is 1. The van der Waals surface area contributed by atoms with E-state index >= 15 is 0 Å². The fourth-order valence-electron chi connectivity index (χ4n) is 3.80. The van der Waals surface area contributed by atoms with E-state index in [1.165, 1.54) is 0 Å². The number of amides is 3. The highest BCUT2D eigenvalue weighted by Crippen LogP contribution is 2.21. The summed E-state index contributed by atoms with van der Waals surface area (Å²) < 4.78 is 2.12. The van der Waals surface area contributed by atoms with E-state index in [2.05, 4.69) is 14.9 Å². The van der Waals surface area contributed by atoms with E-state index in [4.69, 9.17) is 0 Å². The van der Waals surface area contributed by atoms with Crippen LogP contribution in [0.5, 0.6) is 0 Å². The molecule has 0 aliphatic carbocycles. The molecule has 1 aromatic heterocycles. The molecule has 3 amide bonds. The Morgan fingerprint density at radius 1 is 1.22 bits per heavy atom. The lowest BCUT2D eigenvalue weighted by Crippen LogP contribution is -2.35. The van der Waals surface area contributed by atoms with Crippen molar-refractivity contribution in [1.29, 1.82) is 0 Å². The smallest absolute Gasteiger partial charge is 0.322 e. The summed E-state index contributed by atoms with van der Waals surface area (Å²) in [6.07, 6.45) is 4.26. The number of fused-ring (bicyclic) bond motifs is 1. The predicted octanol–water partition coefficient (Wildman–Crippen LogP) is 2.75. The number of carbonyl (C=O) groups excluding carboxylic acids is 2. The molecular formula is C20H25N5O2. The molecule has 1 aromatic carbocycles. The van der Waals surface area contributed by atoms with Crippen LogP contribution in [0.15, 0.2) is 30.6 Å². The van der Waals surface area contributed by atoms with Gasteiger partial charge in [0.15, 0.2) is 0 Å². The summed E-state index contributed by atoms with van der Waals surface area (Å²) in [6.45, 7) is 5.38. The van der Waals surface area contributed by atoms with E-state index in [0.717, 1.165) is 48.6 Å². The third kappa shape index (κ3) is 3.82. The molecule has 2 aliphatic heterocycles. The second-order valence-electron chi connectivity index (χ2n) is 7.32. The number of anilines is 1. The van der Waals surface area contributed by atoms with Crippen LogP contribution in [0.3, 0.4) is 0 Å². The van der Waals surface area contributed by atoms with Crippen LogP contribution in [0.2, 0.25) is 0 Å². The number of urea groups is 1. The maximum absolute atomic E-state index is 12.8. The number of nitrogens with one attached hydrogen (secondary N) is 1. The molecule has 0 unspecified atom stereocenters. The molecule has 0 atom stereocenters. The van der Waals surface area contributed by atoms with Crippen LogP contribution >= 0.6 is 0 Å². The Morgan fingerprint density at radius 3 is 2.89 bits per heavy atom. The number of hydrogen-bond acceptors (Lipinski definition) is 3. The first kappa shape index (κ1) is 17.6. The van der Waals surface area contributed by atoms with Gasteiger partial charge in [0.05, 0.1) is 30.8 Å². The highest BCUT2D eigenvalue weighted by molar-refractivity contribution is 5.89. The van der Waals surface area contributed by atoms with Gasteiger partial charge in [0.2, 0.25) is 5.91 Å². The monoisotopic (exact) mass is 367 g/mol. The Kier molecular flexibility index (Phi) is 4.83. The van der Waals surface area contributed by atoms with E-state index < -0.39 is 0 Å². The van der Waals surface area contributed by atoms with E-state index in [-0.39, 0.29) is 11.9 Å². The number of aromatic nitrogens is 2. The fraction of sp³-hybridized carbons (Fsp3) is 0.450. The summed E-state index contributed by atoms with van der Waals surface area (Å²) in [5.74, 6) is 0.194. The van der Waals surface area contributed by atoms with Crippen LogP contribution < -0.4 is 5.32 Å². The summed E-state index contributed by atoms with van der Waals surface area (Å²) in [6, 6.07) is 7.71. The van der Waals surface area contributed by atoms with Gasteiger partial charge in [-0.05, 0) is 37.5 Å². The van der Waals surface area contributed by atoms with Crippen molar-refractivity contribution < 1.29 is 9.59 Å². The lowest BCUT2D eigenvalue weighted by atomic mass is 10.2. The van der Waals surface area contributed by atoms with Crippen molar-refractivity contribution in [3.8, 4) is 0 Å². The first-order valence-corrected chi connectivity index (χ1v) is 9.53. The van der Waals surface area contributed by atoms with Crippen LogP contribution in [-0.2, 0) is 24.4 Å². The number of benzene rings is 1. The zero-order valence-electron chi connectivity index (χ0n) is 15.6. The van der Waals surface area contributed by atoms with Gasteiger partial charge >= 0.3 is 6.03 Å². The first-order valence-electron chi connectivity index (χ1n) is 9.53. The SMILES string of the molecule is Cc1cccc(NC(=O)N2CCCn3cnc(CN4CCCC4=O)c3C2)c1. The topological polar surface area (TPSA) is 70.5 Å². The zero-order chi connectivity index (χ0) is 18.8. The van der Waals surface area contributed by atoms with Crippen molar-refractivity contribution in [3.63, 3.8) is 0 Å². The lowest BCUT2D eigenvalue weighted by Gasteiger charge is -2.22. The Balaban J connectivity index is 1.49. The average Bonchev–Trinajstić information content (AvgIpc) is 3.14. The Morgan fingerprint density at radius 2 is 2.11 bits per heavy atom. The predicted molar refractivity (Wildman–Crippen MR) is 102 cm³/mol. The number of nitrogens with zero attached hydrogens (tertiary/aromatic N) is 4. The van der Waals surface area contributed by atoms with Crippen molar-refractivity contribution in [2.45, 2.75) is 45.8 Å². The van der Waals surface area contributed by atoms with Crippen LogP contribution in [0, 0.1) is 6.92 Å². The molecule has 0 bridgehead atoms. The summed E-state index contributed by atoms with van der Waals surface area (Å²) in [4.78, 5) is 33.0. The standard InChI is InChI=1S/C20H25N5O2/c1-15-5-2-6-16(11-15)22-20(27)24-9-4-10-25-14-21-17(18(25)13-24)12-23-8-3-7-19(23)26/h2,5-6,11,14H,3-4,7-10,12-13H2,1H3,(H,22,27). The van der Waals surface area contributed by atoms with E-state index in [1.807, 2.05) is 47.3 Å². The van der Waals surface area contributed by atoms with Gasteiger partial charge in [-0.1, -0.05) is 12.1 Å². The molecule has 7 heteroatoms. The van der Waals surface area contributed by atoms with Crippen molar-refractivity contribution >= 4 is 17.6 Å². The first-order chi connectivity index (χ1) is 13.1. The summed E-state index contributed by atoms with van der Waals surface area (Å²) >= 11 is 0. The normalized spacial score (nSPS) is 17.0. The quantitative estimate of drug-likeness (QED) is 0.907. The molecule has 1 saturated heterocycles. The Labute approximate surface area is 159 Å². The molecule has 2 aromatic rings. The molecule has 3 heterocycles. The Hall–Kier alpha value is -2.83. The summed E-state index contributed by atoms with van der Waals surface area (Å²) in [7, 11) is 0. The van der Waals surface area contributed by atoms with Gasteiger partial charge in [0.1, 0.15) is 0 Å². The molecule has 0 radical (unpaired) electrons. The molecule has 142 valence electrons. The van der Waals surface area contributed by atoms with E-state index in [9.17, 15) is 9.59 Å². The Bertz CT molecular complexity index is 860. The van der Waals surface area contributed by atoms with Crippen LogP contribution in [0.1, 0.15) is 36.2 Å². The van der Waals surface area contributed by atoms with Crippen molar-refractivity contribution in [1.82, 2.24) is 19.4 Å². The van der Waals surface area contributed by atoms with Crippen LogP contribution in [0.25, 0.3) is 0 Å². The molecule has 1 N–H and O–H groups in total. The maximum atomic E-state index is 12.8. The van der Waals surface area contributed by atoms with E-state index in [0.29, 0.717) is 26.1 Å². The van der Waals surface area contributed by atoms with Gasteiger partial charge in [-0.25, -0.2) is 9.78 Å². The van der Waals surface area contributed by atoms with Gasteiger partial charge in [-0.2, -0.15) is 0 Å². The minimum atomic E-state index is -0.0987. The summed E-state index contributed by atoms with van der Waals surface area (Å²) in [5, 5.41) is 3.00. The molecule has 2 aliphatic rings. The molecule has 4 rings (SSSR count). The van der Waals surface area contributed by atoms with Crippen LogP contribution in [0.4, 0.5) is 10.5 Å². The number of carbonyl (C=O) groups is 2. The second-order valence-corrected chi connectivity index (χ2v) is 7.32.